The second-order valence-electron chi connectivity index (χ2n) is 5.44. The standard InChI is InChI=1S/C20H20N2/c1-3-7-17(8-4-1)11-13-19-15-16-21-20(22-19)14-12-18-9-5-2-6-10-18/h1-10,15-16H,11-14H2. The van der Waals surface area contributed by atoms with Crippen LogP contribution in [0.4, 0.5) is 0 Å². The Kier molecular flexibility index (Phi) is 4.93. The average molecular weight is 288 g/mol. The Bertz CT molecular complexity index is 634. The van der Waals surface area contributed by atoms with Crippen LogP contribution in [-0.2, 0) is 25.7 Å². The van der Waals surface area contributed by atoms with Crippen molar-refractivity contribution < 1.29 is 0 Å². The van der Waals surface area contributed by atoms with Gasteiger partial charge in [0.2, 0.25) is 0 Å². The highest BCUT2D eigenvalue weighted by Crippen LogP contribution is 2.07. The first-order chi connectivity index (χ1) is 10.9. The highest BCUT2D eigenvalue weighted by molar-refractivity contribution is 5.17. The summed E-state index contributed by atoms with van der Waals surface area (Å²) in [4.78, 5) is 9.09. The first-order valence-corrected chi connectivity index (χ1v) is 7.79. The van der Waals surface area contributed by atoms with Crippen molar-refractivity contribution in [2.24, 2.45) is 0 Å². The molecule has 0 fully saturated rings. The third-order valence-electron chi connectivity index (χ3n) is 3.76. The van der Waals surface area contributed by atoms with E-state index >= 15 is 0 Å². The molecule has 2 heteroatoms. The molecule has 1 aromatic heterocycles. The van der Waals surface area contributed by atoms with Gasteiger partial charge in [0.05, 0.1) is 0 Å². The van der Waals surface area contributed by atoms with Crippen molar-refractivity contribution in [3.05, 3.63) is 95.6 Å². The molecular weight excluding hydrogens is 268 g/mol. The summed E-state index contributed by atoms with van der Waals surface area (Å²) in [6, 6.07) is 23.1. The van der Waals surface area contributed by atoms with E-state index in [0.717, 1.165) is 37.2 Å². The number of aromatic nitrogens is 2. The van der Waals surface area contributed by atoms with E-state index in [-0.39, 0.29) is 0 Å². The van der Waals surface area contributed by atoms with Crippen LogP contribution in [0.1, 0.15) is 22.6 Å². The van der Waals surface area contributed by atoms with Gasteiger partial charge in [-0.15, -0.1) is 0 Å². The molecule has 1 heterocycles. The minimum absolute atomic E-state index is 0.892. The molecule has 2 aromatic carbocycles. The molecule has 3 rings (SSSR count). The number of rotatable bonds is 6. The number of aryl methyl sites for hydroxylation is 4. The van der Waals surface area contributed by atoms with Crippen LogP contribution in [0.5, 0.6) is 0 Å². The Morgan fingerprint density at radius 3 is 1.82 bits per heavy atom. The van der Waals surface area contributed by atoms with E-state index in [9.17, 15) is 0 Å². The zero-order valence-corrected chi connectivity index (χ0v) is 12.7. The van der Waals surface area contributed by atoms with Crippen molar-refractivity contribution in [2.45, 2.75) is 25.7 Å². The quantitative estimate of drug-likeness (QED) is 0.684. The average Bonchev–Trinajstić information content (AvgIpc) is 2.60. The highest BCUT2D eigenvalue weighted by atomic mass is 14.9. The van der Waals surface area contributed by atoms with Gasteiger partial charge in [-0.1, -0.05) is 60.7 Å². The molecule has 0 saturated carbocycles. The van der Waals surface area contributed by atoms with Gasteiger partial charge >= 0.3 is 0 Å². The monoisotopic (exact) mass is 288 g/mol. The Morgan fingerprint density at radius 1 is 0.591 bits per heavy atom. The maximum atomic E-state index is 4.69. The molecule has 0 aliphatic carbocycles. The molecule has 0 radical (unpaired) electrons. The van der Waals surface area contributed by atoms with Gasteiger partial charge in [0, 0.05) is 18.3 Å². The van der Waals surface area contributed by atoms with Crippen LogP contribution >= 0.6 is 0 Å². The molecule has 0 aliphatic heterocycles. The normalized spacial score (nSPS) is 10.5. The van der Waals surface area contributed by atoms with E-state index < -0.39 is 0 Å². The van der Waals surface area contributed by atoms with Crippen molar-refractivity contribution in [3.63, 3.8) is 0 Å². The van der Waals surface area contributed by atoms with Crippen molar-refractivity contribution in [1.29, 1.82) is 0 Å². The molecule has 0 aliphatic rings. The highest BCUT2D eigenvalue weighted by Gasteiger charge is 2.02. The fourth-order valence-corrected chi connectivity index (χ4v) is 2.52. The molecule has 0 N–H and O–H groups in total. The van der Waals surface area contributed by atoms with Gasteiger partial charge in [0.15, 0.2) is 0 Å². The largest absolute Gasteiger partial charge is 0.241 e. The molecule has 0 atom stereocenters. The Morgan fingerprint density at radius 2 is 1.18 bits per heavy atom. The Labute approximate surface area is 131 Å². The molecule has 0 amide bonds. The molecule has 22 heavy (non-hydrogen) atoms. The molecule has 0 unspecified atom stereocenters. The van der Waals surface area contributed by atoms with Crippen LogP contribution in [0.15, 0.2) is 72.9 Å². The minimum atomic E-state index is 0.892. The van der Waals surface area contributed by atoms with E-state index in [2.05, 4.69) is 59.6 Å². The van der Waals surface area contributed by atoms with Gasteiger partial charge in [-0.3, -0.25) is 0 Å². The van der Waals surface area contributed by atoms with Gasteiger partial charge in [-0.25, -0.2) is 9.97 Å². The summed E-state index contributed by atoms with van der Waals surface area (Å²) in [5.41, 5.74) is 3.81. The summed E-state index contributed by atoms with van der Waals surface area (Å²) in [7, 11) is 0. The van der Waals surface area contributed by atoms with E-state index in [1.54, 1.807) is 0 Å². The van der Waals surface area contributed by atoms with Crippen molar-refractivity contribution in [3.8, 4) is 0 Å². The topological polar surface area (TPSA) is 25.8 Å². The second-order valence-corrected chi connectivity index (χ2v) is 5.44. The van der Waals surface area contributed by atoms with Gasteiger partial charge in [0.25, 0.3) is 0 Å². The summed E-state index contributed by atoms with van der Waals surface area (Å²) in [5, 5.41) is 0. The van der Waals surface area contributed by atoms with Gasteiger partial charge in [0.1, 0.15) is 5.82 Å². The van der Waals surface area contributed by atoms with Crippen LogP contribution < -0.4 is 0 Å². The molecule has 2 nitrogen and oxygen atoms in total. The molecular formula is C20H20N2. The maximum Gasteiger partial charge on any atom is 0.128 e. The lowest BCUT2D eigenvalue weighted by molar-refractivity contribution is 0.814. The fourth-order valence-electron chi connectivity index (χ4n) is 2.52. The number of nitrogens with zero attached hydrogens (tertiary/aromatic N) is 2. The first-order valence-electron chi connectivity index (χ1n) is 7.79. The number of benzene rings is 2. The van der Waals surface area contributed by atoms with Gasteiger partial charge in [-0.05, 0) is 36.5 Å². The summed E-state index contributed by atoms with van der Waals surface area (Å²) in [6.45, 7) is 0. The summed E-state index contributed by atoms with van der Waals surface area (Å²) < 4.78 is 0. The van der Waals surface area contributed by atoms with Crippen molar-refractivity contribution in [1.82, 2.24) is 9.97 Å². The van der Waals surface area contributed by atoms with Gasteiger partial charge < -0.3 is 0 Å². The van der Waals surface area contributed by atoms with Crippen LogP contribution in [0.2, 0.25) is 0 Å². The fraction of sp³-hybridized carbons (Fsp3) is 0.200. The molecule has 0 spiro atoms. The van der Waals surface area contributed by atoms with E-state index in [0.29, 0.717) is 0 Å². The van der Waals surface area contributed by atoms with Crippen molar-refractivity contribution in [2.75, 3.05) is 0 Å². The zero-order chi connectivity index (χ0) is 15.0. The van der Waals surface area contributed by atoms with Crippen LogP contribution in [0.25, 0.3) is 0 Å². The van der Waals surface area contributed by atoms with E-state index in [4.69, 9.17) is 4.98 Å². The Hall–Kier alpha value is -2.48. The van der Waals surface area contributed by atoms with E-state index in [1.807, 2.05) is 18.3 Å². The smallest absolute Gasteiger partial charge is 0.128 e. The molecule has 3 aromatic rings. The third-order valence-corrected chi connectivity index (χ3v) is 3.76. The first kappa shape index (κ1) is 14.5. The molecule has 0 bridgehead atoms. The predicted molar refractivity (Wildman–Crippen MR) is 89.7 cm³/mol. The van der Waals surface area contributed by atoms with Gasteiger partial charge in [-0.2, -0.15) is 0 Å². The zero-order valence-electron chi connectivity index (χ0n) is 12.7. The lowest BCUT2D eigenvalue weighted by Gasteiger charge is -2.05. The summed E-state index contributed by atoms with van der Waals surface area (Å²) in [5.74, 6) is 0.939. The minimum Gasteiger partial charge on any atom is -0.241 e. The summed E-state index contributed by atoms with van der Waals surface area (Å²) in [6.07, 6.45) is 5.75. The third kappa shape index (κ3) is 4.26. The van der Waals surface area contributed by atoms with Crippen LogP contribution in [-0.4, -0.2) is 9.97 Å². The lowest BCUT2D eigenvalue weighted by atomic mass is 10.1. The molecule has 110 valence electrons. The second kappa shape index (κ2) is 7.51. The van der Waals surface area contributed by atoms with Crippen LogP contribution in [0, 0.1) is 0 Å². The Balaban J connectivity index is 1.58. The van der Waals surface area contributed by atoms with Crippen LogP contribution in [0.3, 0.4) is 0 Å². The summed E-state index contributed by atoms with van der Waals surface area (Å²) >= 11 is 0. The molecule has 0 saturated heterocycles. The van der Waals surface area contributed by atoms with E-state index in [1.165, 1.54) is 11.1 Å². The van der Waals surface area contributed by atoms with Crippen molar-refractivity contribution >= 4 is 0 Å². The number of hydrogen-bond acceptors (Lipinski definition) is 2. The maximum absolute atomic E-state index is 4.69. The predicted octanol–water partition coefficient (Wildman–Crippen LogP) is 4.05. The number of hydrogen-bond donors (Lipinski definition) is 0. The SMILES string of the molecule is c1ccc(CCc2ccnc(CCc3ccccc3)n2)cc1. The lowest BCUT2D eigenvalue weighted by Crippen LogP contribution is -2.02.